The second kappa shape index (κ2) is 8.56. The third kappa shape index (κ3) is 4.31. The number of furan rings is 1. The van der Waals surface area contributed by atoms with E-state index in [-0.39, 0.29) is 17.2 Å². The summed E-state index contributed by atoms with van der Waals surface area (Å²) in [6.07, 6.45) is 1.73. The van der Waals surface area contributed by atoms with Crippen LogP contribution in [0.25, 0.3) is 11.3 Å². The number of amides is 1. The molecule has 0 saturated carbocycles. The Balaban J connectivity index is 1.56. The molecule has 0 aliphatic carbocycles. The van der Waals surface area contributed by atoms with E-state index in [4.69, 9.17) is 8.94 Å². The molecular formula is C21H22N2O5. The Morgan fingerprint density at radius 3 is 2.57 bits per heavy atom. The average Bonchev–Trinajstić information content (AvgIpc) is 3.35. The van der Waals surface area contributed by atoms with Crippen molar-refractivity contribution in [3.8, 4) is 11.3 Å². The molecule has 0 fully saturated rings. The van der Waals surface area contributed by atoms with E-state index in [0.717, 1.165) is 17.0 Å². The van der Waals surface area contributed by atoms with Gasteiger partial charge in [-0.2, -0.15) is 0 Å². The van der Waals surface area contributed by atoms with Crippen LogP contribution >= 0.6 is 0 Å². The normalized spacial score (nSPS) is 10.8. The van der Waals surface area contributed by atoms with Crippen molar-refractivity contribution in [2.45, 2.75) is 26.2 Å². The van der Waals surface area contributed by atoms with Crippen LogP contribution in [0.4, 0.5) is 0 Å². The zero-order chi connectivity index (χ0) is 20.1. The number of rotatable bonds is 8. The number of carboxylic acids is 1. The Morgan fingerprint density at radius 1 is 1.18 bits per heavy atom. The summed E-state index contributed by atoms with van der Waals surface area (Å²) >= 11 is 0. The van der Waals surface area contributed by atoms with Crippen molar-refractivity contribution in [2.24, 2.45) is 0 Å². The molecule has 28 heavy (non-hydrogen) atoms. The molecule has 0 aliphatic rings. The minimum absolute atomic E-state index is 0.0364. The highest BCUT2D eigenvalue weighted by atomic mass is 16.5. The number of carbonyl (C=O) groups excluding carboxylic acids is 1. The third-order valence-corrected chi connectivity index (χ3v) is 4.46. The smallest absolute Gasteiger partial charge is 0.339 e. The second-order valence-electron chi connectivity index (χ2n) is 6.48. The lowest BCUT2D eigenvalue weighted by molar-refractivity contribution is 0.0693. The molecule has 1 aromatic carbocycles. The number of benzene rings is 1. The van der Waals surface area contributed by atoms with Gasteiger partial charge in [0.25, 0.3) is 5.91 Å². The van der Waals surface area contributed by atoms with Crippen LogP contribution in [-0.2, 0) is 12.8 Å². The molecule has 3 rings (SSSR count). The van der Waals surface area contributed by atoms with Gasteiger partial charge in [0.05, 0.1) is 0 Å². The van der Waals surface area contributed by atoms with Crippen LogP contribution in [0.3, 0.4) is 0 Å². The zero-order valence-corrected chi connectivity index (χ0v) is 15.8. The van der Waals surface area contributed by atoms with Crippen LogP contribution in [-0.4, -0.2) is 40.6 Å². The minimum atomic E-state index is -1.10. The molecule has 0 unspecified atom stereocenters. The first-order valence-electron chi connectivity index (χ1n) is 9.12. The molecule has 0 radical (unpaired) electrons. The number of hydrogen-bond acceptors (Lipinski definition) is 5. The number of carbonyl (C=O) groups is 2. The van der Waals surface area contributed by atoms with E-state index in [1.54, 1.807) is 14.0 Å². The average molecular weight is 382 g/mol. The highest BCUT2D eigenvalue weighted by Gasteiger charge is 2.22. The maximum atomic E-state index is 12.5. The fraction of sp³-hybridized carbons (Fsp3) is 0.286. The first kappa shape index (κ1) is 19.4. The lowest BCUT2D eigenvalue weighted by atomic mass is 10.1. The molecular weight excluding hydrogens is 360 g/mol. The van der Waals surface area contributed by atoms with Gasteiger partial charge in [0.2, 0.25) is 0 Å². The molecule has 0 saturated heterocycles. The summed E-state index contributed by atoms with van der Waals surface area (Å²) in [6, 6.07) is 13.0. The lowest BCUT2D eigenvalue weighted by Crippen LogP contribution is -2.27. The zero-order valence-electron chi connectivity index (χ0n) is 15.8. The summed E-state index contributed by atoms with van der Waals surface area (Å²) in [4.78, 5) is 25.2. The third-order valence-electron chi connectivity index (χ3n) is 4.46. The van der Waals surface area contributed by atoms with Gasteiger partial charge in [-0.3, -0.25) is 4.79 Å². The van der Waals surface area contributed by atoms with E-state index in [0.29, 0.717) is 31.6 Å². The first-order valence-corrected chi connectivity index (χ1v) is 9.12. The van der Waals surface area contributed by atoms with E-state index >= 15 is 0 Å². The summed E-state index contributed by atoms with van der Waals surface area (Å²) in [5.74, 6) is -0.340. The van der Waals surface area contributed by atoms with Crippen molar-refractivity contribution in [2.75, 3.05) is 13.6 Å². The van der Waals surface area contributed by atoms with E-state index in [2.05, 4.69) is 5.16 Å². The Hall–Kier alpha value is -3.35. The van der Waals surface area contributed by atoms with Gasteiger partial charge >= 0.3 is 5.97 Å². The molecule has 7 heteroatoms. The molecule has 2 aromatic heterocycles. The summed E-state index contributed by atoms with van der Waals surface area (Å²) in [5, 5.41) is 13.3. The summed E-state index contributed by atoms with van der Waals surface area (Å²) < 4.78 is 10.8. The number of nitrogens with zero attached hydrogens (tertiary/aromatic N) is 2. The monoisotopic (exact) mass is 382 g/mol. The highest BCUT2D eigenvalue weighted by Crippen LogP contribution is 2.20. The lowest BCUT2D eigenvalue weighted by Gasteiger charge is -2.14. The number of hydrogen-bond donors (Lipinski definition) is 1. The molecule has 1 amide bonds. The predicted molar refractivity (Wildman–Crippen MR) is 102 cm³/mol. The Morgan fingerprint density at radius 2 is 1.93 bits per heavy atom. The molecule has 2 heterocycles. The Labute approximate surface area is 162 Å². The van der Waals surface area contributed by atoms with E-state index in [1.165, 1.54) is 11.0 Å². The second-order valence-corrected chi connectivity index (χ2v) is 6.48. The van der Waals surface area contributed by atoms with Crippen LogP contribution in [0.5, 0.6) is 0 Å². The van der Waals surface area contributed by atoms with Crippen molar-refractivity contribution in [3.63, 3.8) is 0 Å². The van der Waals surface area contributed by atoms with Crippen LogP contribution in [0.15, 0.2) is 51.4 Å². The standard InChI is InChI=1S/C21H22N2O5/c1-3-18-16(21(25)26)13-19(27-18)20(24)23(2)11-7-10-15-12-17(22-28-15)14-8-5-4-6-9-14/h4-6,8-9,12-13H,3,7,10-11H2,1-2H3,(H,25,26). The quantitative estimate of drug-likeness (QED) is 0.635. The molecule has 0 bridgehead atoms. The van der Waals surface area contributed by atoms with Crippen LogP contribution in [0.1, 0.15) is 45.8 Å². The van der Waals surface area contributed by atoms with Crippen molar-refractivity contribution >= 4 is 11.9 Å². The van der Waals surface area contributed by atoms with Gasteiger partial charge < -0.3 is 18.9 Å². The van der Waals surface area contributed by atoms with Crippen molar-refractivity contribution in [1.82, 2.24) is 10.1 Å². The van der Waals surface area contributed by atoms with Gasteiger partial charge in [0, 0.05) is 44.1 Å². The van der Waals surface area contributed by atoms with Gasteiger partial charge in [-0.15, -0.1) is 0 Å². The maximum absolute atomic E-state index is 12.5. The van der Waals surface area contributed by atoms with Crippen molar-refractivity contribution < 1.29 is 23.6 Å². The molecule has 3 aromatic rings. The van der Waals surface area contributed by atoms with Crippen molar-refractivity contribution in [1.29, 1.82) is 0 Å². The SMILES string of the molecule is CCc1oc(C(=O)N(C)CCCc2cc(-c3ccccc3)no2)cc1C(=O)O. The first-order chi connectivity index (χ1) is 13.5. The van der Waals surface area contributed by atoms with Crippen LogP contribution < -0.4 is 0 Å². The minimum Gasteiger partial charge on any atom is -0.478 e. The predicted octanol–water partition coefficient (Wildman–Crippen LogP) is 3.90. The summed E-state index contributed by atoms with van der Waals surface area (Å²) in [5.41, 5.74) is 1.81. The van der Waals surface area contributed by atoms with Crippen LogP contribution in [0.2, 0.25) is 0 Å². The van der Waals surface area contributed by atoms with E-state index in [1.807, 2.05) is 36.4 Å². The van der Waals surface area contributed by atoms with E-state index in [9.17, 15) is 14.7 Å². The number of aromatic nitrogens is 1. The molecule has 0 spiro atoms. The van der Waals surface area contributed by atoms with E-state index < -0.39 is 5.97 Å². The van der Waals surface area contributed by atoms with Crippen LogP contribution in [0, 0.1) is 0 Å². The largest absolute Gasteiger partial charge is 0.478 e. The Kier molecular flexibility index (Phi) is 5.93. The fourth-order valence-electron chi connectivity index (χ4n) is 2.93. The topological polar surface area (TPSA) is 96.8 Å². The number of carboxylic acid groups (broad SMARTS) is 1. The summed E-state index contributed by atoms with van der Waals surface area (Å²) in [6.45, 7) is 2.26. The number of aryl methyl sites for hydroxylation is 2. The van der Waals surface area contributed by atoms with Crippen molar-refractivity contribution in [3.05, 3.63) is 65.3 Å². The fourth-order valence-corrected chi connectivity index (χ4v) is 2.93. The maximum Gasteiger partial charge on any atom is 0.339 e. The summed E-state index contributed by atoms with van der Waals surface area (Å²) in [7, 11) is 1.66. The molecule has 0 aliphatic heterocycles. The molecule has 0 atom stereocenters. The van der Waals surface area contributed by atoms with Gasteiger partial charge in [-0.1, -0.05) is 42.4 Å². The van der Waals surface area contributed by atoms with Gasteiger partial charge in [0.1, 0.15) is 22.8 Å². The van der Waals surface area contributed by atoms with Gasteiger partial charge in [-0.25, -0.2) is 4.79 Å². The van der Waals surface area contributed by atoms with Gasteiger partial charge in [-0.05, 0) is 6.42 Å². The highest BCUT2D eigenvalue weighted by molar-refractivity contribution is 5.96. The molecule has 7 nitrogen and oxygen atoms in total. The number of aromatic carboxylic acids is 1. The van der Waals surface area contributed by atoms with Gasteiger partial charge in [0.15, 0.2) is 5.76 Å². The molecule has 146 valence electrons. The Bertz CT molecular complexity index is 958. The molecule has 1 N–H and O–H groups in total.